The molecular formula is C19H23ClN4O4S. The lowest BCUT2D eigenvalue weighted by Crippen LogP contribution is -2.31. The van der Waals surface area contributed by atoms with E-state index in [1.54, 1.807) is 6.20 Å². The number of methoxy groups -OCH3 is 1. The molecule has 29 heavy (non-hydrogen) atoms. The summed E-state index contributed by atoms with van der Waals surface area (Å²) >= 11 is 1.36. The van der Waals surface area contributed by atoms with Gasteiger partial charge in [-0.2, -0.15) is 0 Å². The fourth-order valence-corrected chi connectivity index (χ4v) is 3.79. The highest BCUT2D eigenvalue weighted by Crippen LogP contribution is 2.27. The zero-order valence-electron chi connectivity index (χ0n) is 15.8. The van der Waals surface area contributed by atoms with Gasteiger partial charge in [-0.3, -0.25) is 15.0 Å². The van der Waals surface area contributed by atoms with Crippen LogP contribution in [0.15, 0.2) is 30.5 Å². The van der Waals surface area contributed by atoms with Gasteiger partial charge in [-0.1, -0.05) is 0 Å². The number of aromatic nitrogens is 1. The number of hydrogen-bond donors (Lipinski definition) is 3. The summed E-state index contributed by atoms with van der Waals surface area (Å²) in [7, 11) is 1.34. The highest BCUT2D eigenvalue weighted by Gasteiger charge is 2.32. The molecule has 1 fully saturated rings. The monoisotopic (exact) mass is 438 g/mol. The molecule has 1 aromatic carbocycles. The maximum absolute atomic E-state index is 12.0. The predicted octanol–water partition coefficient (Wildman–Crippen LogP) is 2.35. The number of esters is 1. The summed E-state index contributed by atoms with van der Waals surface area (Å²) in [6, 6.07) is 7.40. The highest BCUT2D eigenvalue weighted by molar-refractivity contribution is 7.16. The second kappa shape index (κ2) is 10.2. The molecule has 1 aliphatic heterocycles. The highest BCUT2D eigenvalue weighted by atomic mass is 35.5. The minimum atomic E-state index is -0.303. The van der Waals surface area contributed by atoms with Crippen LogP contribution >= 0.6 is 23.7 Å². The molecule has 4 N–H and O–H groups in total. The van der Waals surface area contributed by atoms with Crippen LogP contribution in [0.3, 0.4) is 0 Å². The summed E-state index contributed by atoms with van der Waals surface area (Å²) in [6.45, 7) is 0.367. The summed E-state index contributed by atoms with van der Waals surface area (Å²) in [6.07, 6.45) is 2.96. The van der Waals surface area contributed by atoms with E-state index in [-0.39, 0.29) is 48.5 Å². The number of nitrogens with two attached hydrogens (primary N) is 1. The smallest absolute Gasteiger partial charge is 0.305 e. The number of nitrogen functional groups attached to an aromatic ring is 1. The number of nitrogens with one attached hydrogen (secondary N) is 2. The molecule has 0 radical (unpaired) electrons. The third-order valence-corrected chi connectivity index (χ3v) is 5.61. The van der Waals surface area contributed by atoms with Crippen LogP contribution in [0.2, 0.25) is 0 Å². The van der Waals surface area contributed by atoms with Crippen LogP contribution < -0.4 is 15.8 Å². The van der Waals surface area contributed by atoms with Gasteiger partial charge in [-0.25, -0.2) is 4.98 Å². The molecule has 0 bridgehead atoms. The Morgan fingerprint density at radius 2 is 2.10 bits per heavy atom. The first kappa shape index (κ1) is 22.6. The summed E-state index contributed by atoms with van der Waals surface area (Å²) < 4.78 is 10.4. The van der Waals surface area contributed by atoms with Gasteiger partial charge < -0.3 is 20.5 Å². The van der Waals surface area contributed by atoms with Crippen LogP contribution in [0.4, 0.5) is 0 Å². The van der Waals surface area contributed by atoms with E-state index in [2.05, 4.69) is 15.0 Å². The fourth-order valence-electron chi connectivity index (χ4n) is 3.00. The Bertz CT molecular complexity index is 871. The first-order valence-corrected chi connectivity index (χ1v) is 9.68. The average Bonchev–Trinajstić information content (AvgIpc) is 3.32. The number of benzene rings is 1. The number of rotatable bonds is 8. The molecule has 1 amide bonds. The second-order valence-electron chi connectivity index (χ2n) is 6.53. The molecule has 2 aromatic rings. The van der Waals surface area contributed by atoms with Crippen LogP contribution in [0.25, 0.3) is 10.6 Å². The van der Waals surface area contributed by atoms with Crippen LogP contribution in [0.5, 0.6) is 5.75 Å². The van der Waals surface area contributed by atoms with E-state index in [0.29, 0.717) is 30.1 Å². The number of carbonyl (C=O) groups is 2. The molecule has 0 unspecified atom stereocenters. The van der Waals surface area contributed by atoms with Crippen molar-refractivity contribution in [2.45, 2.75) is 25.3 Å². The minimum Gasteiger partial charge on any atom is -0.491 e. The van der Waals surface area contributed by atoms with Crippen molar-refractivity contribution in [1.82, 2.24) is 10.3 Å². The second-order valence-corrected chi connectivity index (χ2v) is 7.56. The van der Waals surface area contributed by atoms with Gasteiger partial charge in [0, 0.05) is 24.1 Å². The van der Waals surface area contributed by atoms with E-state index >= 15 is 0 Å². The molecule has 0 aliphatic carbocycles. The van der Waals surface area contributed by atoms with E-state index in [4.69, 9.17) is 15.9 Å². The molecule has 1 aliphatic rings. The summed E-state index contributed by atoms with van der Waals surface area (Å²) in [5, 5.41) is 11.1. The molecule has 10 heteroatoms. The molecule has 8 nitrogen and oxygen atoms in total. The van der Waals surface area contributed by atoms with E-state index in [1.807, 2.05) is 24.3 Å². The number of carbonyl (C=O) groups excluding carboxylic acids is 2. The average molecular weight is 439 g/mol. The molecule has 1 aromatic heterocycles. The molecular weight excluding hydrogens is 416 g/mol. The minimum absolute atomic E-state index is 0. The van der Waals surface area contributed by atoms with E-state index < -0.39 is 0 Å². The summed E-state index contributed by atoms with van der Waals surface area (Å²) in [4.78, 5) is 28.1. The van der Waals surface area contributed by atoms with E-state index in [9.17, 15) is 9.59 Å². The van der Waals surface area contributed by atoms with E-state index in [1.165, 1.54) is 18.4 Å². The number of nitrogens with zero attached hydrogens (tertiary/aromatic N) is 1. The molecule has 1 saturated heterocycles. The molecule has 0 saturated carbocycles. The quantitative estimate of drug-likeness (QED) is 0.330. The maximum atomic E-state index is 12.0. The molecule has 3 rings (SSSR count). The van der Waals surface area contributed by atoms with Crippen molar-refractivity contribution in [3.05, 3.63) is 35.3 Å². The van der Waals surface area contributed by atoms with Crippen molar-refractivity contribution in [2.75, 3.05) is 13.7 Å². The standard InChI is InChI=1S/C19H22N4O4S.ClH/c1-26-16(24)7-4-12-8-13(23-18(12)25)10-27-14-5-2-11(3-6-14)19-22-9-15(28-19)17(20)21;/h2-3,5-6,9,12-13H,4,7-8,10H2,1H3,(H3,20,21)(H,23,25);1H/t12-,13+;/m1./s1. The van der Waals surface area contributed by atoms with Gasteiger partial charge in [0.25, 0.3) is 0 Å². The van der Waals surface area contributed by atoms with Crippen LogP contribution in [0, 0.1) is 11.3 Å². The normalized spacial score (nSPS) is 17.9. The molecule has 2 atom stereocenters. The first-order valence-electron chi connectivity index (χ1n) is 8.87. The van der Waals surface area contributed by atoms with Crippen LogP contribution in [0.1, 0.15) is 24.1 Å². The first-order chi connectivity index (χ1) is 13.5. The third kappa shape index (κ3) is 5.91. The molecule has 2 heterocycles. The Balaban J connectivity index is 0.00000300. The lowest BCUT2D eigenvalue weighted by Gasteiger charge is -2.12. The fraction of sp³-hybridized carbons (Fsp3) is 0.368. The van der Waals surface area contributed by atoms with Crippen molar-refractivity contribution >= 4 is 41.5 Å². The van der Waals surface area contributed by atoms with Gasteiger partial charge in [0.1, 0.15) is 23.2 Å². The molecule has 0 spiro atoms. The zero-order chi connectivity index (χ0) is 20.1. The Hall–Kier alpha value is -2.65. The predicted molar refractivity (Wildman–Crippen MR) is 113 cm³/mol. The largest absolute Gasteiger partial charge is 0.491 e. The number of amidine groups is 1. The maximum Gasteiger partial charge on any atom is 0.305 e. The van der Waals surface area contributed by atoms with Crippen molar-refractivity contribution < 1.29 is 19.1 Å². The number of thiazole rings is 1. The Labute approximate surface area is 178 Å². The third-order valence-electron chi connectivity index (χ3n) is 4.53. The number of amides is 1. The Morgan fingerprint density at radius 1 is 1.38 bits per heavy atom. The summed E-state index contributed by atoms with van der Waals surface area (Å²) in [5.74, 6) is 0.170. The van der Waals surface area contributed by atoms with Gasteiger partial charge in [-0.05, 0) is 37.1 Å². The Morgan fingerprint density at radius 3 is 2.72 bits per heavy atom. The van der Waals surface area contributed by atoms with Crippen molar-refractivity contribution in [3.8, 4) is 16.3 Å². The van der Waals surface area contributed by atoms with Gasteiger partial charge in [0.15, 0.2) is 0 Å². The topological polar surface area (TPSA) is 127 Å². The van der Waals surface area contributed by atoms with Crippen LogP contribution in [-0.4, -0.2) is 42.5 Å². The van der Waals surface area contributed by atoms with Gasteiger partial charge in [-0.15, -0.1) is 23.7 Å². The van der Waals surface area contributed by atoms with Gasteiger partial charge >= 0.3 is 5.97 Å². The number of hydrogen-bond acceptors (Lipinski definition) is 7. The van der Waals surface area contributed by atoms with Crippen molar-refractivity contribution in [1.29, 1.82) is 5.41 Å². The Kier molecular flexibility index (Phi) is 7.98. The lowest BCUT2D eigenvalue weighted by atomic mass is 9.99. The van der Waals surface area contributed by atoms with E-state index in [0.717, 1.165) is 10.6 Å². The van der Waals surface area contributed by atoms with Gasteiger partial charge in [0.2, 0.25) is 5.91 Å². The summed E-state index contributed by atoms with van der Waals surface area (Å²) in [5.41, 5.74) is 6.39. The molecule has 156 valence electrons. The zero-order valence-corrected chi connectivity index (χ0v) is 17.5. The van der Waals surface area contributed by atoms with Crippen LogP contribution in [-0.2, 0) is 14.3 Å². The van der Waals surface area contributed by atoms with Gasteiger partial charge in [0.05, 0.1) is 18.0 Å². The van der Waals surface area contributed by atoms with Crippen molar-refractivity contribution in [3.63, 3.8) is 0 Å². The van der Waals surface area contributed by atoms with Crippen molar-refractivity contribution in [2.24, 2.45) is 11.7 Å². The number of halogens is 1. The lowest BCUT2D eigenvalue weighted by molar-refractivity contribution is -0.141. The number of ether oxygens (including phenoxy) is 2. The SMILES string of the molecule is COC(=O)CC[C@@H]1C[C@@H](COc2ccc(-c3ncc(C(=N)N)s3)cc2)NC1=O.Cl.